The Balaban J connectivity index is 1.23. The van der Waals surface area contributed by atoms with Gasteiger partial charge in [-0.1, -0.05) is 48.5 Å². The minimum absolute atomic E-state index is 0.316. The van der Waals surface area contributed by atoms with Crippen LogP contribution in [0.15, 0.2) is 146 Å². The Kier molecular flexibility index (Phi) is 7.76. The second-order valence-corrected chi connectivity index (χ2v) is 19.7. The Labute approximate surface area is 372 Å². The Morgan fingerprint density at radius 1 is 0.203 bits per heavy atom. The summed E-state index contributed by atoms with van der Waals surface area (Å²) in [5, 5.41) is 20.3. The fraction of sp³-hybridized carbons (Fsp3) is 0.200. The van der Waals surface area contributed by atoms with Crippen LogP contribution >= 0.6 is 0 Å². The van der Waals surface area contributed by atoms with Gasteiger partial charge in [0.15, 0.2) is 0 Å². The van der Waals surface area contributed by atoms with Crippen molar-refractivity contribution in [2.24, 2.45) is 0 Å². The summed E-state index contributed by atoms with van der Waals surface area (Å²) in [6.07, 6.45) is 0. The lowest BCUT2D eigenvalue weighted by Crippen LogP contribution is -1.99. The van der Waals surface area contributed by atoms with Gasteiger partial charge in [0.2, 0.25) is 0 Å². The maximum absolute atomic E-state index is 2.52. The molecule has 13 aromatic rings. The molecule has 0 amide bonds. The van der Waals surface area contributed by atoms with Crippen LogP contribution in [-0.2, 0) is 0 Å². The van der Waals surface area contributed by atoms with E-state index < -0.39 is 0 Å². The molecule has 0 saturated heterocycles. The Morgan fingerprint density at radius 2 is 0.328 bits per heavy atom. The minimum Gasteiger partial charge on any atom is -0.338 e. The molecule has 0 unspecified atom stereocenters. The van der Waals surface area contributed by atoms with Crippen LogP contribution in [0.3, 0.4) is 0 Å². The van der Waals surface area contributed by atoms with Gasteiger partial charge in [0.05, 0.1) is 0 Å². The molecule has 0 atom stereocenters. The van der Waals surface area contributed by atoms with Crippen LogP contribution in [0.1, 0.15) is 79.6 Å². The Bertz CT molecular complexity index is 3400. The van der Waals surface area contributed by atoms with Crippen molar-refractivity contribution in [3.63, 3.8) is 0 Å². The molecular formula is C60H52N4. The maximum atomic E-state index is 2.52. The van der Waals surface area contributed by atoms with Crippen LogP contribution in [0.5, 0.6) is 0 Å². The van der Waals surface area contributed by atoms with E-state index in [0.29, 0.717) is 24.2 Å². The van der Waals surface area contributed by atoms with Gasteiger partial charge in [0.1, 0.15) is 0 Å². The zero-order valence-electron chi connectivity index (χ0n) is 38.0. The Hall–Kier alpha value is -7.04. The van der Waals surface area contributed by atoms with E-state index in [0.717, 1.165) is 0 Å². The van der Waals surface area contributed by atoms with E-state index in [1.807, 2.05) is 0 Å². The topological polar surface area (TPSA) is 19.7 Å². The maximum Gasteiger partial charge on any atom is 0.0494 e. The number of hydrogen-bond acceptors (Lipinski definition) is 0. The van der Waals surface area contributed by atoms with Crippen molar-refractivity contribution in [1.29, 1.82) is 0 Å². The summed E-state index contributed by atoms with van der Waals surface area (Å²) in [6, 6.07) is 58.3. The highest BCUT2D eigenvalue weighted by Crippen LogP contribution is 2.41. The predicted octanol–water partition coefficient (Wildman–Crippen LogP) is 17.6. The molecule has 0 fully saturated rings. The third-order valence-corrected chi connectivity index (χ3v) is 14.6. The van der Waals surface area contributed by atoms with E-state index in [-0.39, 0.29) is 0 Å². The Morgan fingerprint density at radius 3 is 0.438 bits per heavy atom. The lowest BCUT2D eigenvalue weighted by molar-refractivity contribution is 0.642. The van der Waals surface area contributed by atoms with Crippen molar-refractivity contribution in [3.05, 3.63) is 146 Å². The van der Waals surface area contributed by atoms with Gasteiger partial charge in [-0.3, -0.25) is 0 Å². The monoisotopic (exact) mass is 828 g/mol. The van der Waals surface area contributed by atoms with Crippen molar-refractivity contribution in [2.45, 2.75) is 79.6 Å². The molecule has 0 spiro atoms. The third kappa shape index (κ3) is 5.11. The molecule has 0 aliphatic rings. The highest BCUT2D eigenvalue weighted by atomic mass is 15.0. The summed E-state index contributed by atoms with van der Waals surface area (Å²) < 4.78 is 10.1. The molecule has 0 saturated carbocycles. The summed E-state index contributed by atoms with van der Waals surface area (Å²) in [4.78, 5) is 0. The summed E-state index contributed by atoms with van der Waals surface area (Å²) in [5.74, 6) is 0. The fourth-order valence-electron chi connectivity index (χ4n) is 11.9. The zero-order valence-corrected chi connectivity index (χ0v) is 38.0. The average molecular weight is 829 g/mol. The molecule has 0 N–H and O–H groups in total. The van der Waals surface area contributed by atoms with E-state index in [1.165, 1.54) is 130 Å². The first-order valence-corrected chi connectivity index (χ1v) is 23.3. The van der Waals surface area contributed by atoms with Crippen LogP contribution in [0, 0.1) is 0 Å². The van der Waals surface area contributed by atoms with E-state index in [9.17, 15) is 0 Å². The van der Waals surface area contributed by atoms with Gasteiger partial charge in [-0.2, -0.15) is 0 Å². The number of aromatic nitrogens is 4. The lowest BCUT2D eigenvalue weighted by atomic mass is 10.0. The molecule has 4 heterocycles. The van der Waals surface area contributed by atoms with Gasteiger partial charge >= 0.3 is 0 Å². The van der Waals surface area contributed by atoms with Crippen LogP contribution in [0.4, 0.5) is 0 Å². The minimum atomic E-state index is 0.316. The smallest absolute Gasteiger partial charge is 0.0494 e. The molecule has 4 aromatic heterocycles. The van der Waals surface area contributed by atoms with Crippen LogP contribution in [0.2, 0.25) is 0 Å². The molecule has 4 nitrogen and oxygen atoms in total. The van der Waals surface area contributed by atoms with E-state index in [1.54, 1.807) is 0 Å². The summed E-state index contributed by atoms with van der Waals surface area (Å²) in [6.45, 7) is 18.4. The largest absolute Gasteiger partial charge is 0.338 e. The number of benzene rings is 8. The molecule has 4 heteroatoms. The average Bonchev–Trinajstić information content (AvgIpc) is 4.01. The normalized spacial score (nSPS) is 12.9. The second-order valence-electron chi connectivity index (χ2n) is 19.7. The second kappa shape index (κ2) is 13.2. The molecule has 0 radical (unpaired) electrons. The molecule has 64 heavy (non-hydrogen) atoms. The molecule has 0 aliphatic heterocycles. The first-order chi connectivity index (χ1) is 31.0. The van der Waals surface area contributed by atoms with Gasteiger partial charge in [0.25, 0.3) is 0 Å². The summed E-state index contributed by atoms with van der Waals surface area (Å²) in [5.41, 5.74) is 10.2. The van der Waals surface area contributed by atoms with Gasteiger partial charge < -0.3 is 18.3 Å². The molecule has 312 valence electrons. The number of hydrogen-bond donors (Lipinski definition) is 0. The van der Waals surface area contributed by atoms with Crippen LogP contribution in [-0.4, -0.2) is 18.3 Å². The zero-order chi connectivity index (χ0) is 43.4. The van der Waals surface area contributed by atoms with Crippen molar-refractivity contribution in [2.75, 3.05) is 0 Å². The third-order valence-electron chi connectivity index (χ3n) is 14.6. The highest BCUT2D eigenvalue weighted by Gasteiger charge is 2.19. The van der Waals surface area contributed by atoms with E-state index in [4.69, 9.17) is 0 Å². The lowest BCUT2D eigenvalue weighted by Gasteiger charge is -2.12. The first kappa shape index (κ1) is 37.5. The van der Waals surface area contributed by atoms with E-state index >= 15 is 0 Å². The molecular weight excluding hydrogens is 777 g/mol. The fourth-order valence-corrected chi connectivity index (χ4v) is 11.9. The molecule has 13 rings (SSSR count). The van der Waals surface area contributed by atoms with Gasteiger partial charge in [-0.25, -0.2) is 0 Å². The molecule has 9 aromatic carbocycles. The van der Waals surface area contributed by atoms with Crippen molar-refractivity contribution in [1.82, 2.24) is 18.3 Å². The highest BCUT2D eigenvalue weighted by molar-refractivity contribution is 6.19. The van der Waals surface area contributed by atoms with Gasteiger partial charge in [-0.05, 0) is 196 Å². The standard InChI is InChI=1S/C60H52N4/c1-33(2)61-53-17-9-37-25-45(53)46-26-38(10-18-54(46)61)40-12-20-56-48(28-40)50-30-42(14-22-58(50)63(56)35(5)6)44-16-24-60-52(32-44)51-31-43(15-23-59(51)64(60)36(7)8)41-13-21-57-49(29-41)47-27-39(37)11-19-55(47)62(57)34(3)4/h9-36H,1-8H3. The van der Waals surface area contributed by atoms with Crippen molar-refractivity contribution in [3.8, 4) is 0 Å². The van der Waals surface area contributed by atoms with Crippen LogP contribution < -0.4 is 0 Å². The summed E-state index contributed by atoms with van der Waals surface area (Å²) in [7, 11) is 0. The number of fused-ring (bicyclic) bond motifs is 12. The quantitative estimate of drug-likeness (QED) is 0.168. The first-order valence-electron chi connectivity index (χ1n) is 23.3. The number of nitrogens with zero attached hydrogens (tertiary/aromatic N) is 4. The molecule has 0 aliphatic carbocycles. The molecule has 16 bridgehead atoms. The van der Waals surface area contributed by atoms with Crippen LogP contribution in [0.25, 0.3) is 130 Å². The predicted molar refractivity (Wildman–Crippen MR) is 279 cm³/mol. The van der Waals surface area contributed by atoms with Gasteiger partial charge in [-0.15, -0.1) is 0 Å². The SMILES string of the molecule is CC(C)n1c2ccc3cc2c2cc(ccc21)c1ccc2c(c1)c1cc(ccc1n2C(C)C)c1ccc2c(c1)c1cc(ccc1n2C(C)C)c1ccc2c(c1)c1cc3ccc1n2C(C)C. The summed E-state index contributed by atoms with van der Waals surface area (Å²) >= 11 is 0. The van der Waals surface area contributed by atoms with Crippen molar-refractivity contribution < 1.29 is 0 Å². The van der Waals surface area contributed by atoms with E-state index in [2.05, 4.69) is 219 Å². The van der Waals surface area contributed by atoms with Gasteiger partial charge in [0, 0.05) is 111 Å². The number of rotatable bonds is 4. The van der Waals surface area contributed by atoms with Crippen molar-refractivity contribution >= 4 is 130 Å².